The van der Waals surface area contributed by atoms with Crippen LogP contribution < -0.4 is 27.8 Å². The molecule has 0 aliphatic heterocycles. The molecule has 10 heteroatoms. The van der Waals surface area contributed by atoms with Crippen LogP contribution in [0.4, 0.5) is 25.8 Å². The Morgan fingerprint density at radius 3 is 2.59 bits per heavy atom. The molecule has 0 heterocycles. The molecule has 2 unspecified atom stereocenters. The number of nitriles is 1. The first-order chi connectivity index (χ1) is 16.2. The maximum atomic E-state index is 14.6. The summed E-state index contributed by atoms with van der Waals surface area (Å²) in [5.41, 5.74) is 19.7. The number of nitrogen functional groups attached to an aromatic ring is 1. The van der Waals surface area contributed by atoms with Gasteiger partial charge in [0.1, 0.15) is 17.8 Å². The van der Waals surface area contributed by atoms with Gasteiger partial charge in [0.25, 0.3) is 0 Å². The summed E-state index contributed by atoms with van der Waals surface area (Å²) < 4.78 is 29.0. The first-order valence-electron chi connectivity index (χ1n) is 10.3. The van der Waals surface area contributed by atoms with E-state index in [1.807, 2.05) is 6.07 Å². The minimum atomic E-state index is -1.20. The zero-order valence-corrected chi connectivity index (χ0v) is 18.7. The molecule has 3 aromatic carbocycles. The van der Waals surface area contributed by atoms with E-state index in [0.29, 0.717) is 28.2 Å². The average Bonchev–Trinajstić information content (AvgIpc) is 2.82. The number of halogens is 3. The Labute approximate surface area is 200 Å². The number of amides is 1. The summed E-state index contributed by atoms with van der Waals surface area (Å²) in [5.74, 6) is -3.76. The molecule has 0 fully saturated rings. The van der Waals surface area contributed by atoms with E-state index in [-0.39, 0.29) is 18.0 Å². The monoisotopic (exact) mass is 484 g/mol. The summed E-state index contributed by atoms with van der Waals surface area (Å²) in [6.07, 6.45) is -0.772. The van der Waals surface area contributed by atoms with Crippen LogP contribution in [-0.2, 0) is 4.79 Å². The zero-order chi connectivity index (χ0) is 24.8. The van der Waals surface area contributed by atoms with Crippen LogP contribution in [0, 0.1) is 23.0 Å². The summed E-state index contributed by atoms with van der Waals surface area (Å²) in [4.78, 5) is 13.0. The normalized spacial score (nSPS) is 12.5. The maximum Gasteiger partial charge on any atom is 0.232 e. The van der Waals surface area contributed by atoms with Crippen LogP contribution >= 0.6 is 11.6 Å². The van der Waals surface area contributed by atoms with Crippen molar-refractivity contribution in [3.63, 3.8) is 0 Å². The smallest absolute Gasteiger partial charge is 0.232 e. The largest absolute Gasteiger partial charge is 0.398 e. The molecule has 34 heavy (non-hydrogen) atoms. The quantitative estimate of drug-likeness (QED) is 0.184. The highest BCUT2D eigenvalue weighted by molar-refractivity contribution is 6.30. The van der Waals surface area contributed by atoms with Gasteiger partial charge in [0.05, 0.1) is 22.6 Å². The lowest BCUT2D eigenvalue weighted by atomic mass is 9.93. The first kappa shape index (κ1) is 24.9. The molecule has 3 aromatic rings. The van der Waals surface area contributed by atoms with Crippen molar-refractivity contribution in [1.82, 2.24) is 0 Å². The number of hydrogen-bond acceptors (Lipinski definition) is 6. The number of carbonyl (C=O) groups is 1. The van der Waals surface area contributed by atoms with Crippen molar-refractivity contribution in [1.29, 1.82) is 5.26 Å². The van der Waals surface area contributed by atoms with E-state index in [1.54, 1.807) is 42.5 Å². The summed E-state index contributed by atoms with van der Waals surface area (Å²) in [7, 11) is 0. The van der Waals surface area contributed by atoms with Crippen molar-refractivity contribution < 1.29 is 13.6 Å². The SMILES string of the molecule is N#Cc1cccc(NC(N)c2cc(NC(=O)C(CCN)c3c(F)ccc(Cl)c3F)ccc2N)c1. The van der Waals surface area contributed by atoms with Crippen LogP contribution in [0.2, 0.25) is 5.02 Å². The van der Waals surface area contributed by atoms with Crippen molar-refractivity contribution >= 4 is 34.6 Å². The predicted octanol–water partition coefficient (Wildman–Crippen LogP) is 4.21. The Morgan fingerprint density at radius 1 is 1.12 bits per heavy atom. The zero-order valence-electron chi connectivity index (χ0n) is 18.0. The molecule has 1 amide bonds. The molecule has 0 aliphatic rings. The highest BCUT2D eigenvalue weighted by atomic mass is 35.5. The number of nitrogens with one attached hydrogen (secondary N) is 2. The standard InChI is InChI=1S/C24H23ClF2N6O/c25-18-5-6-19(26)21(22(18)27)16(8-9-28)24(34)33-15-4-7-20(30)17(11-15)23(31)32-14-3-1-2-13(10-14)12-29/h1-7,10-11,16,23,32H,8-9,28,30-31H2,(H,33,34). The molecule has 0 spiro atoms. The average molecular weight is 485 g/mol. The van der Waals surface area contributed by atoms with E-state index in [9.17, 15) is 13.6 Å². The van der Waals surface area contributed by atoms with Gasteiger partial charge in [-0.1, -0.05) is 17.7 Å². The fourth-order valence-electron chi connectivity index (χ4n) is 3.52. The van der Waals surface area contributed by atoms with Crippen LogP contribution in [-0.4, -0.2) is 12.5 Å². The second kappa shape index (κ2) is 10.9. The maximum absolute atomic E-state index is 14.6. The number of rotatable bonds is 8. The van der Waals surface area contributed by atoms with Crippen molar-refractivity contribution in [2.45, 2.75) is 18.5 Å². The van der Waals surface area contributed by atoms with Crippen molar-refractivity contribution in [3.8, 4) is 6.07 Å². The van der Waals surface area contributed by atoms with Gasteiger partial charge in [-0.15, -0.1) is 0 Å². The van der Waals surface area contributed by atoms with Gasteiger partial charge < -0.3 is 27.8 Å². The minimum Gasteiger partial charge on any atom is -0.398 e. The number of nitrogens with zero attached hydrogens (tertiary/aromatic N) is 1. The van der Waals surface area contributed by atoms with E-state index < -0.39 is 35.2 Å². The van der Waals surface area contributed by atoms with Gasteiger partial charge in [0, 0.05) is 28.2 Å². The van der Waals surface area contributed by atoms with Crippen LogP contribution in [0.15, 0.2) is 54.6 Å². The van der Waals surface area contributed by atoms with Gasteiger partial charge in [0.2, 0.25) is 5.91 Å². The fraction of sp³-hybridized carbons (Fsp3) is 0.167. The lowest BCUT2D eigenvalue weighted by Gasteiger charge is -2.21. The van der Waals surface area contributed by atoms with Gasteiger partial charge in [0.15, 0.2) is 0 Å². The number of hydrogen-bond donors (Lipinski definition) is 5. The number of anilines is 3. The molecule has 0 saturated heterocycles. The number of benzene rings is 3. The number of carbonyl (C=O) groups excluding carboxylic acids is 1. The van der Waals surface area contributed by atoms with Crippen molar-refractivity contribution in [2.24, 2.45) is 11.5 Å². The highest BCUT2D eigenvalue weighted by Gasteiger charge is 2.28. The van der Waals surface area contributed by atoms with Crippen molar-refractivity contribution in [2.75, 3.05) is 22.9 Å². The van der Waals surface area contributed by atoms with E-state index >= 15 is 0 Å². The van der Waals surface area contributed by atoms with E-state index in [2.05, 4.69) is 10.6 Å². The lowest BCUT2D eigenvalue weighted by molar-refractivity contribution is -0.117. The van der Waals surface area contributed by atoms with Gasteiger partial charge in [-0.2, -0.15) is 5.26 Å². The third kappa shape index (κ3) is 5.61. The van der Waals surface area contributed by atoms with E-state index in [1.165, 1.54) is 0 Å². The summed E-state index contributed by atoms with van der Waals surface area (Å²) >= 11 is 5.80. The Hall–Kier alpha value is -3.71. The van der Waals surface area contributed by atoms with Crippen LogP contribution in [0.3, 0.4) is 0 Å². The molecule has 0 radical (unpaired) electrons. The molecule has 2 atom stereocenters. The molecule has 0 aliphatic carbocycles. The molecular weight excluding hydrogens is 462 g/mol. The van der Waals surface area contributed by atoms with Crippen LogP contribution in [0.1, 0.15) is 35.2 Å². The summed E-state index contributed by atoms with van der Waals surface area (Å²) in [6.45, 7) is 0.0209. The highest BCUT2D eigenvalue weighted by Crippen LogP contribution is 2.31. The Bertz CT molecular complexity index is 1250. The Morgan fingerprint density at radius 2 is 1.88 bits per heavy atom. The van der Waals surface area contributed by atoms with Gasteiger partial charge in [-0.05, 0) is 61.5 Å². The predicted molar refractivity (Wildman–Crippen MR) is 129 cm³/mol. The van der Waals surface area contributed by atoms with Crippen molar-refractivity contribution in [3.05, 3.63) is 87.9 Å². The molecule has 0 saturated carbocycles. The molecule has 3 rings (SSSR count). The van der Waals surface area contributed by atoms with Crippen LogP contribution in [0.5, 0.6) is 0 Å². The Balaban J connectivity index is 1.85. The van der Waals surface area contributed by atoms with Gasteiger partial charge in [-0.25, -0.2) is 8.78 Å². The molecule has 7 nitrogen and oxygen atoms in total. The molecular formula is C24H23ClF2N6O. The third-order valence-electron chi connectivity index (χ3n) is 5.20. The lowest BCUT2D eigenvalue weighted by Crippen LogP contribution is -2.26. The first-order valence-corrected chi connectivity index (χ1v) is 10.7. The molecule has 176 valence electrons. The summed E-state index contributed by atoms with van der Waals surface area (Å²) in [6, 6.07) is 15.5. The molecule has 0 bridgehead atoms. The molecule has 0 aromatic heterocycles. The Kier molecular flexibility index (Phi) is 8.02. The number of nitrogens with two attached hydrogens (primary N) is 3. The minimum absolute atomic E-state index is 0.00184. The van der Waals surface area contributed by atoms with Crippen LogP contribution in [0.25, 0.3) is 0 Å². The van der Waals surface area contributed by atoms with E-state index in [0.717, 1.165) is 12.1 Å². The second-order valence-electron chi connectivity index (χ2n) is 7.53. The topological polar surface area (TPSA) is 143 Å². The molecule has 8 N–H and O–H groups in total. The second-order valence-corrected chi connectivity index (χ2v) is 7.94. The third-order valence-corrected chi connectivity index (χ3v) is 5.49. The van der Waals surface area contributed by atoms with E-state index in [4.69, 9.17) is 34.1 Å². The summed E-state index contributed by atoms with van der Waals surface area (Å²) in [5, 5.41) is 14.5. The van der Waals surface area contributed by atoms with Gasteiger partial charge >= 0.3 is 0 Å². The van der Waals surface area contributed by atoms with Gasteiger partial charge in [-0.3, -0.25) is 4.79 Å². The fourth-order valence-corrected chi connectivity index (χ4v) is 3.69.